The minimum Gasteiger partial charge on any atom is -0.495 e. The standard InChI is InChI=1S/C13H15Cl2NO6S/c1-22-11-4-9(15)12(5-8(11)14)23(20,21)16-3-2-10(17)7(6-16)13(18)19/h4-5,7,10,17H,2-3,6H2,1H3,(H,18,19)/t7-,10-/m0/s1. The fraction of sp³-hybridized carbons (Fsp3) is 0.462. The molecule has 1 aliphatic rings. The average molecular weight is 384 g/mol. The Morgan fingerprint density at radius 1 is 1.35 bits per heavy atom. The second-order valence-corrected chi connectivity index (χ2v) is 7.80. The number of carboxylic acid groups (broad SMARTS) is 1. The highest BCUT2D eigenvalue weighted by Crippen LogP contribution is 2.35. The summed E-state index contributed by atoms with van der Waals surface area (Å²) in [6, 6.07) is 2.45. The van der Waals surface area contributed by atoms with E-state index < -0.39 is 28.0 Å². The Balaban J connectivity index is 2.39. The number of hydrogen-bond acceptors (Lipinski definition) is 5. The lowest BCUT2D eigenvalue weighted by atomic mass is 9.96. The molecule has 2 rings (SSSR count). The molecule has 1 aliphatic heterocycles. The van der Waals surface area contributed by atoms with Gasteiger partial charge in [0.2, 0.25) is 10.0 Å². The summed E-state index contributed by atoms with van der Waals surface area (Å²) in [5, 5.41) is 18.8. The highest BCUT2D eigenvalue weighted by molar-refractivity contribution is 7.89. The van der Waals surface area contributed by atoms with Crippen LogP contribution in [0.5, 0.6) is 5.75 Å². The molecule has 0 amide bonds. The summed E-state index contributed by atoms with van der Waals surface area (Å²) in [4.78, 5) is 10.9. The van der Waals surface area contributed by atoms with Crippen LogP contribution in [-0.2, 0) is 14.8 Å². The third-order valence-electron chi connectivity index (χ3n) is 3.68. The van der Waals surface area contributed by atoms with Crippen LogP contribution in [0.3, 0.4) is 0 Å². The van der Waals surface area contributed by atoms with Crippen molar-refractivity contribution in [2.75, 3.05) is 20.2 Å². The van der Waals surface area contributed by atoms with Crippen molar-refractivity contribution in [1.82, 2.24) is 4.31 Å². The van der Waals surface area contributed by atoms with Crippen molar-refractivity contribution >= 4 is 39.2 Å². The number of nitrogens with zero attached hydrogens (tertiary/aromatic N) is 1. The average Bonchev–Trinajstić information content (AvgIpc) is 2.48. The van der Waals surface area contributed by atoms with Gasteiger partial charge in [0.15, 0.2) is 0 Å². The minimum atomic E-state index is -4.04. The molecule has 0 bridgehead atoms. The summed E-state index contributed by atoms with van der Waals surface area (Å²) in [6.07, 6.45) is -1.06. The molecule has 0 saturated carbocycles. The van der Waals surface area contributed by atoms with Crippen molar-refractivity contribution in [2.45, 2.75) is 17.4 Å². The van der Waals surface area contributed by atoms with Crippen LogP contribution in [0.1, 0.15) is 6.42 Å². The number of carbonyl (C=O) groups is 1. The monoisotopic (exact) mass is 383 g/mol. The Morgan fingerprint density at radius 2 is 2.00 bits per heavy atom. The highest BCUT2D eigenvalue weighted by Gasteiger charge is 2.39. The fourth-order valence-corrected chi connectivity index (χ4v) is 4.68. The lowest BCUT2D eigenvalue weighted by molar-refractivity contribution is -0.147. The molecule has 1 aromatic rings. The largest absolute Gasteiger partial charge is 0.495 e. The van der Waals surface area contributed by atoms with Crippen LogP contribution in [0.15, 0.2) is 17.0 Å². The number of rotatable bonds is 4. The normalized spacial score (nSPS) is 22.8. The number of aliphatic hydroxyl groups is 1. The van der Waals surface area contributed by atoms with Crippen LogP contribution >= 0.6 is 23.2 Å². The zero-order valence-electron chi connectivity index (χ0n) is 12.1. The van der Waals surface area contributed by atoms with Crippen molar-refractivity contribution in [3.8, 4) is 5.75 Å². The van der Waals surface area contributed by atoms with Crippen molar-refractivity contribution < 1.29 is 28.2 Å². The molecule has 1 saturated heterocycles. The minimum absolute atomic E-state index is 0.00669. The maximum atomic E-state index is 12.7. The van der Waals surface area contributed by atoms with Crippen molar-refractivity contribution in [1.29, 1.82) is 0 Å². The second kappa shape index (κ2) is 6.82. The maximum Gasteiger partial charge on any atom is 0.310 e. The lowest BCUT2D eigenvalue weighted by Gasteiger charge is -2.33. The molecule has 23 heavy (non-hydrogen) atoms. The fourth-order valence-electron chi connectivity index (χ4n) is 2.37. The molecule has 0 radical (unpaired) electrons. The van der Waals surface area contributed by atoms with Crippen LogP contribution in [0.25, 0.3) is 0 Å². The number of piperidine rings is 1. The maximum absolute atomic E-state index is 12.7. The third-order valence-corrected chi connectivity index (χ3v) is 6.31. The predicted molar refractivity (Wildman–Crippen MR) is 83.5 cm³/mol. The Labute approximate surface area is 143 Å². The highest BCUT2D eigenvalue weighted by atomic mass is 35.5. The molecule has 1 heterocycles. The number of hydrogen-bond donors (Lipinski definition) is 2. The molecule has 7 nitrogen and oxygen atoms in total. The molecule has 0 aliphatic carbocycles. The summed E-state index contributed by atoms with van der Waals surface area (Å²) in [5.41, 5.74) is 0. The van der Waals surface area contributed by atoms with Crippen LogP contribution in [0, 0.1) is 5.92 Å². The van der Waals surface area contributed by atoms with Crippen molar-refractivity contribution in [3.05, 3.63) is 22.2 Å². The van der Waals surface area contributed by atoms with E-state index in [2.05, 4.69) is 0 Å². The number of ether oxygens (including phenoxy) is 1. The molecule has 2 N–H and O–H groups in total. The molecule has 128 valence electrons. The van der Waals surface area contributed by atoms with Crippen molar-refractivity contribution in [2.24, 2.45) is 5.92 Å². The Kier molecular flexibility index (Phi) is 5.42. The van der Waals surface area contributed by atoms with Gasteiger partial charge in [-0.05, 0) is 12.5 Å². The summed E-state index contributed by atoms with van der Waals surface area (Å²) >= 11 is 11.9. The van der Waals surface area contributed by atoms with E-state index in [-0.39, 0.29) is 40.2 Å². The van der Waals surface area contributed by atoms with Crippen LogP contribution < -0.4 is 4.74 Å². The van der Waals surface area contributed by atoms with Gasteiger partial charge >= 0.3 is 5.97 Å². The van der Waals surface area contributed by atoms with E-state index in [1.54, 1.807) is 0 Å². The van der Waals surface area contributed by atoms with E-state index in [1.165, 1.54) is 19.2 Å². The molecule has 1 aromatic carbocycles. The van der Waals surface area contributed by atoms with Gasteiger partial charge in [-0.3, -0.25) is 4.79 Å². The zero-order chi connectivity index (χ0) is 17.4. The number of aliphatic hydroxyl groups excluding tert-OH is 1. The van der Waals surface area contributed by atoms with Crippen LogP contribution in [0.2, 0.25) is 10.0 Å². The number of carboxylic acids is 1. The first kappa shape index (κ1) is 18.3. The van der Waals surface area contributed by atoms with Gasteiger partial charge in [0.25, 0.3) is 0 Å². The van der Waals surface area contributed by atoms with Gasteiger partial charge in [0, 0.05) is 19.2 Å². The lowest BCUT2D eigenvalue weighted by Crippen LogP contribution is -2.48. The van der Waals surface area contributed by atoms with E-state index in [0.29, 0.717) is 0 Å². The van der Waals surface area contributed by atoms with Gasteiger partial charge in [-0.15, -0.1) is 0 Å². The Morgan fingerprint density at radius 3 is 2.57 bits per heavy atom. The number of benzene rings is 1. The van der Waals surface area contributed by atoms with Crippen LogP contribution in [-0.4, -0.2) is 55.2 Å². The Hall–Kier alpha value is -1.06. The van der Waals surface area contributed by atoms with Gasteiger partial charge in [-0.2, -0.15) is 4.31 Å². The topological polar surface area (TPSA) is 104 Å². The number of methoxy groups -OCH3 is 1. The summed E-state index contributed by atoms with van der Waals surface area (Å²) in [5.74, 6) is -2.21. The molecular formula is C13H15Cl2NO6S. The second-order valence-electron chi connectivity index (χ2n) is 5.08. The van der Waals surface area contributed by atoms with E-state index in [1.807, 2.05) is 0 Å². The van der Waals surface area contributed by atoms with Gasteiger partial charge in [0.05, 0.1) is 29.2 Å². The summed E-state index contributed by atoms with van der Waals surface area (Å²) < 4.78 is 31.4. The van der Waals surface area contributed by atoms with E-state index in [4.69, 9.17) is 33.0 Å². The molecule has 0 aromatic heterocycles. The quantitative estimate of drug-likeness (QED) is 0.815. The summed E-state index contributed by atoms with van der Waals surface area (Å²) in [7, 11) is -2.67. The Bertz CT molecular complexity index is 723. The number of aliphatic carboxylic acids is 1. The van der Waals surface area contributed by atoms with Gasteiger partial charge in [0.1, 0.15) is 10.6 Å². The number of sulfonamides is 1. The first-order valence-electron chi connectivity index (χ1n) is 6.62. The predicted octanol–water partition coefficient (Wildman–Crippen LogP) is 1.46. The van der Waals surface area contributed by atoms with Crippen molar-refractivity contribution in [3.63, 3.8) is 0 Å². The molecule has 1 fully saturated rings. The zero-order valence-corrected chi connectivity index (χ0v) is 14.4. The van der Waals surface area contributed by atoms with Gasteiger partial charge in [-0.1, -0.05) is 23.2 Å². The SMILES string of the molecule is COc1cc(Cl)c(S(=O)(=O)N2CC[C@H](O)[C@@H](C(=O)O)C2)cc1Cl. The smallest absolute Gasteiger partial charge is 0.310 e. The first-order chi connectivity index (χ1) is 10.7. The molecule has 0 spiro atoms. The molecular weight excluding hydrogens is 369 g/mol. The van der Waals surface area contributed by atoms with E-state index >= 15 is 0 Å². The molecule has 0 unspecified atom stereocenters. The van der Waals surface area contributed by atoms with E-state index in [0.717, 1.165) is 4.31 Å². The summed E-state index contributed by atoms with van der Waals surface area (Å²) in [6.45, 7) is -0.341. The van der Waals surface area contributed by atoms with Crippen LogP contribution in [0.4, 0.5) is 0 Å². The first-order valence-corrected chi connectivity index (χ1v) is 8.82. The molecule has 2 atom stereocenters. The third kappa shape index (κ3) is 3.56. The molecule has 10 heteroatoms. The van der Waals surface area contributed by atoms with Gasteiger partial charge in [-0.25, -0.2) is 8.42 Å². The van der Waals surface area contributed by atoms with E-state index in [9.17, 15) is 18.3 Å². The van der Waals surface area contributed by atoms with Gasteiger partial charge < -0.3 is 14.9 Å². The number of halogens is 2.